The number of amides is 1. The Labute approximate surface area is 143 Å². The first-order valence-electron chi connectivity index (χ1n) is 7.54. The van der Waals surface area contributed by atoms with Gasteiger partial charge in [0.05, 0.1) is 12.1 Å². The minimum absolute atomic E-state index is 0.0207. The van der Waals surface area contributed by atoms with Gasteiger partial charge in [-0.1, -0.05) is 18.2 Å². The number of nitrogens with one attached hydrogen (secondary N) is 2. The number of thiazole rings is 1. The summed E-state index contributed by atoms with van der Waals surface area (Å²) in [7, 11) is 0. The zero-order chi connectivity index (χ0) is 17.3. The van der Waals surface area contributed by atoms with Gasteiger partial charge in [-0.05, 0) is 32.4 Å². The number of H-pyrrole nitrogens is 1. The van der Waals surface area contributed by atoms with Gasteiger partial charge in [0.15, 0.2) is 0 Å². The fourth-order valence-corrected chi connectivity index (χ4v) is 3.20. The molecule has 3 rings (SSSR count). The predicted octanol–water partition coefficient (Wildman–Crippen LogP) is 2.73. The van der Waals surface area contributed by atoms with Gasteiger partial charge in [-0.15, -0.1) is 11.3 Å². The molecule has 7 heteroatoms. The van der Waals surface area contributed by atoms with Crippen molar-refractivity contribution in [1.29, 1.82) is 0 Å². The average molecular weight is 342 g/mol. The van der Waals surface area contributed by atoms with E-state index >= 15 is 0 Å². The lowest BCUT2D eigenvalue weighted by Crippen LogP contribution is -2.22. The number of aromatic nitrogens is 3. The van der Waals surface area contributed by atoms with Crippen LogP contribution in [0.4, 0.5) is 5.69 Å². The van der Waals surface area contributed by atoms with Crippen LogP contribution in [0.3, 0.4) is 0 Å². The highest BCUT2D eigenvalue weighted by Crippen LogP contribution is 2.15. The van der Waals surface area contributed by atoms with Gasteiger partial charge in [0, 0.05) is 22.3 Å². The Morgan fingerprint density at radius 1 is 1.29 bits per heavy atom. The van der Waals surface area contributed by atoms with Crippen molar-refractivity contribution in [3.63, 3.8) is 0 Å². The summed E-state index contributed by atoms with van der Waals surface area (Å²) >= 11 is 1.38. The molecule has 0 atom stereocenters. The standard InChI is InChI=1S/C17H18N4O2S/c1-10-6-4-5-7-14(10)19-15(22)8-13-12(3)20-21(16(13)23)17-18-11(2)9-24-17/h4-7,9,20H,8H2,1-3H3,(H,19,22). The van der Waals surface area contributed by atoms with Gasteiger partial charge in [-0.2, -0.15) is 4.68 Å². The van der Waals surface area contributed by atoms with Gasteiger partial charge in [0.2, 0.25) is 11.0 Å². The summed E-state index contributed by atoms with van der Waals surface area (Å²) in [6, 6.07) is 7.54. The Morgan fingerprint density at radius 3 is 2.71 bits per heavy atom. The van der Waals surface area contributed by atoms with E-state index in [0.717, 1.165) is 16.9 Å². The SMILES string of the molecule is Cc1csc(-n2[nH]c(C)c(CC(=O)Nc3ccccc3C)c2=O)n1. The molecule has 0 fully saturated rings. The largest absolute Gasteiger partial charge is 0.326 e. The molecule has 0 bridgehead atoms. The molecule has 0 unspecified atom stereocenters. The van der Waals surface area contributed by atoms with E-state index in [0.29, 0.717) is 16.4 Å². The van der Waals surface area contributed by atoms with Crippen molar-refractivity contribution in [1.82, 2.24) is 14.8 Å². The summed E-state index contributed by atoms with van der Waals surface area (Å²) < 4.78 is 1.39. The highest BCUT2D eigenvalue weighted by molar-refractivity contribution is 7.12. The van der Waals surface area contributed by atoms with Gasteiger partial charge in [0.1, 0.15) is 0 Å². The van der Waals surface area contributed by atoms with Gasteiger partial charge in [-0.3, -0.25) is 14.7 Å². The maximum absolute atomic E-state index is 12.6. The summed E-state index contributed by atoms with van der Waals surface area (Å²) in [5.41, 5.74) is 3.48. The monoisotopic (exact) mass is 342 g/mol. The Morgan fingerprint density at radius 2 is 2.04 bits per heavy atom. The zero-order valence-corrected chi connectivity index (χ0v) is 14.5. The predicted molar refractivity (Wildman–Crippen MR) is 95.0 cm³/mol. The van der Waals surface area contributed by atoms with Gasteiger partial charge < -0.3 is 5.32 Å². The summed E-state index contributed by atoms with van der Waals surface area (Å²) in [5, 5.41) is 8.30. The highest BCUT2D eigenvalue weighted by atomic mass is 32.1. The van der Waals surface area contributed by atoms with Crippen LogP contribution in [0.5, 0.6) is 0 Å². The van der Waals surface area contributed by atoms with E-state index in [1.165, 1.54) is 16.0 Å². The van der Waals surface area contributed by atoms with Crippen LogP contribution in [0.25, 0.3) is 5.13 Å². The second-order valence-corrected chi connectivity index (χ2v) is 6.50. The maximum Gasteiger partial charge on any atom is 0.277 e. The average Bonchev–Trinajstić information content (AvgIpc) is 3.08. The van der Waals surface area contributed by atoms with E-state index in [9.17, 15) is 9.59 Å². The Bertz CT molecular complexity index is 952. The molecule has 0 aliphatic carbocycles. The van der Waals surface area contributed by atoms with Crippen molar-refractivity contribution < 1.29 is 4.79 Å². The van der Waals surface area contributed by atoms with Crippen LogP contribution in [0.15, 0.2) is 34.4 Å². The molecule has 0 spiro atoms. The molecule has 1 amide bonds. The number of para-hydroxylation sites is 1. The number of carbonyl (C=O) groups is 1. The smallest absolute Gasteiger partial charge is 0.277 e. The van der Waals surface area contributed by atoms with E-state index in [4.69, 9.17) is 0 Å². The lowest BCUT2D eigenvalue weighted by molar-refractivity contribution is -0.115. The second-order valence-electron chi connectivity index (χ2n) is 5.67. The fraction of sp³-hybridized carbons (Fsp3) is 0.235. The molecule has 124 valence electrons. The van der Waals surface area contributed by atoms with Crippen molar-refractivity contribution in [3.8, 4) is 5.13 Å². The maximum atomic E-state index is 12.6. The Kier molecular flexibility index (Phi) is 4.35. The van der Waals surface area contributed by atoms with Gasteiger partial charge >= 0.3 is 0 Å². The number of hydrogen-bond acceptors (Lipinski definition) is 4. The van der Waals surface area contributed by atoms with Crippen molar-refractivity contribution in [2.45, 2.75) is 27.2 Å². The van der Waals surface area contributed by atoms with E-state index in [-0.39, 0.29) is 17.9 Å². The van der Waals surface area contributed by atoms with E-state index in [1.54, 1.807) is 6.92 Å². The van der Waals surface area contributed by atoms with Crippen molar-refractivity contribution in [2.75, 3.05) is 5.32 Å². The van der Waals surface area contributed by atoms with Crippen LogP contribution in [0.1, 0.15) is 22.5 Å². The van der Waals surface area contributed by atoms with Crippen LogP contribution >= 0.6 is 11.3 Å². The minimum Gasteiger partial charge on any atom is -0.326 e. The zero-order valence-electron chi connectivity index (χ0n) is 13.7. The van der Waals surface area contributed by atoms with Crippen LogP contribution < -0.4 is 10.9 Å². The molecule has 3 aromatic rings. The van der Waals surface area contributed by atoms with E-state index in [1.807, 2.05) is 43.5 Å². The molecule has 0 saturated carbocycles. The number of carbonyl (C=O) groups excluding carboxylic acids is 1. The van der Waals surface area contributed by atoms with E-state index in [2.05, 4.69) is 15.4 Å². The van der Waals surface area contributed by atoms with Gasteiger partial charge in [0.25, 0.3) is 5.56 Å². The van der Waals surface area contributed by atoms with Crippen molar-refractivity contribution in [2.24, 2.45) is 0 Å². The lowest BCUT2D eigenvalue weighted by Gasteiger charge is -2.07. The first kappa shape index (κ1) is 16.2. The molecule has 0 saturated heterocycles. The summed E-state index contributed by atoms with van der Waals surface area (Å²) in [4.78, 5) is 29.2. The van der Waals surface area contributed by atoms with Crippen LogP contribution in [-0.2, 0) is 11.2 Å². The Balaban J connectivity index is 1.83. The third kappa shape index (κ3) is 3.16. The third-order valence-corrected chi connectivity index (χ3v) is 4.69. The highest BCUT2D eigenvalue weighted by Gasteiger charge is 2.17. The van der Waals surface area contributed by atoms with Gasteiger partial charge in [-0.25, -0.2) is 4.98 Å². The van der Waals surface area contributed by atoms with Crippen LogP contribution in [0, 0.1) is 20.8 Å². The number of hydrogen-bond donors (Lipinski definition) is 2. The van der Waals surface area contributed by atoms with Crippen LogP contribution in [0.2, 0.25) is 0 Å². The van der Waals surface area contributed by atoms with Crippen molar-refractivity contribution in [3.05, 3.63) is 62.5 Å². The molecule has 2 N–H and O–H groups in total. The number of benzene rings is 1. The lowest BCUT2D eigenvalue weighted by atomic mass is 10.1. The number of aromatic amines is 1. The normalized spacial score (nSPS) is 10.8. The second kappa shape index (κ2) is 6.45. The molecule has 0 aliphatic heterocycles. The van der Waals surface area contributed by atoms with Crippen LogP contribution in [-0.4, -0.2) is 20.7 Å². The molecular formula is C17H18N4O2S. The summed E-state index contributed by atoms with van der Waals surface area (Å²) in [6.07, 6.45) is 0.0207. The van der Waals surface area contributed by atoms with Crippen molar-refractivity contribution >= 4 is 22.9 Å². The first-order valence-corrected chi connectivity index (χ1v) is 8.42. The molecule has 0 radical (unpaired) electrons. The molecule has 6 nitrogen and oxygen atoms in total. The molecular weight excluding hydrogens is 324 g/mol. The molecule has 2 heterocycles. The number of anilines is 1. The summed E-state index contributed by atoms with van der Waals surface area (Å²) in [6.45, 7) is 5.58. The molecule has 24 heavy (non-hydrogen) atoms. The molecule has 2 aromatic heterocycles. The number of nitrogens with zero attached hydrogens (tertiary/aromatic N) is 2. The fourth-order valence-electron chi connectivity index (χ4n) is 2.44. The first-order chi connectivity index (χ1) is 11.5. The Hall–Kier alpha value is -2.67. The minimum atomic E-state index is -0.234. The summed E-state index contributed by atoms with van der Waals surface area (Å²) in [5.74, 6) is -0.217. The topological polar surface area (TPSA) is 79.8 Å². The number of rotatable bonds is 4. The number of aryl methyl sites for hydroxylation is 3. The molecule has 1 aromatic carbocycles. The quantitative estimate of drug-likeness (QED) is 0.765. The molecule has 0 aliphatic rings. The third-order valence-electron chi connectivity index (χ3n) is 3.75. The van der Waals surface area contributed by atoms with E-state index < -0.39 is 0 Å².